The maximum Gasteiger partial charge on any atom is 0.315 e. The molecule has 11 heavy (non-hydrogen) atoms. The van der Waals surface area contributed by atoms with E-state index in [1.807, 2.05) is 0 Å². The van der Waals surface area contributed by atoms with Crippen molar-refractivity contribution in [3.8, 4) is 0 Å². The molecule has 0 amide bonds. The van der Waals surface area contributed by atoms with Gasteiger partial charge in [0.2, 0.25) is 0 Å². The van der Waals surface area contributed by atoms with E-state index < -0.39 is 17.9 Å². The first-order valence-corrected chi connectivity index (χ1v) is 3.18. The lowest BCUT2D eigenvalue weighted by atomic mass is 10.0. The quantitative estimate of drug-likeness (QED) is 0.340. The number of nitrogens with two attached hydrogens (primary N) is 1. The van der Waals surface area contributed by atoms with Crippen molar-refractivity contribution in [1.29, 1.82) is 0 Å². The molecule has 4 N–H and O–H groups in total. The second-order valence-corrected chi connectivity index (χ2v) is 2.18. The number of aliphatic hydroxyl groups is 1. The zero-order valence-corrected chi connectivity index (χ0v) is 5.93. The summed E-state index contributed by atoms with van der Waals surface area (Å²) < 4.78 is 0. The van der Waals surface area contributed by atoms with Gasteiger partial charge in [0.25, 0.3) is 0 Å². The van der Waals surface area contributed by atoms with Gasteiger partial charge in [-0.3, -0.25) is 4.79 Å². The highest BCUT2D eigenvalue weighted by atomic mass is 16.4. The van der Waals surface area contributed by atoms with Crippen LogP contribution in [0.5, 0.6) is 0 Å². The number of aldehydes is 1. The van der Waals surface area contributed by atoms with Crippen LogP contribution in [0.15, 0.2) is 0 Å². The van der Waals surface area contributed by atoms with Gasteiger partial charge in [0.05, 0.1) is 0 Å². The molecule has 5 heteroatoms. The van der Waals surface area contributed by atoms with Gasteiger partial charge in [0.1, 0.15) is 12.2 Å². The Balaban J connectivity index is 4.02. The topological polar surface area (TPSA) is 101 Å². The highest BCUT2D eigenvalue weighted by molar-refractivity contribution is 5.87. The number of rotatable bonds is 5. The van der Waals surface area contributed by atoms with Crippen LogP contribution < -0.4 is 5.73 Å². The molecule has 64 valence electrons. The standard InChI is InChI=1S/C6H11NO4/c7-5(1-2-8)4(3-9)6(10)11/h3-5,8H,1-2,7H2,(H,10,11). The molecule has 0 spiro atoms. The molecule has 0 saturated heterocycles. The summed E-state index contributed by atoms with van der Waals surface area (Å²) >= 11 is 0. The van der Waals surface area contributed by atoms with Crippen molar-refractivity contribution in [1.82, 2.24) is 0 Å². The Labute approximate surface area is 63.8 Å². The van der Waals surface area contributed by atoms with E-state index in [9.17, 15) is 9.59 Å². The van der Waals surface area contributed by atoms with E-state index in [0.29, 0.717) is 0 Å². The van der Waals surface area contributed by atoms with Gasteiger partial charge in [0.15, 0.2) is 0 Å². The molecule has 0 saturated carbocycles. The van der Waals surface area contributed by atoms with Gasteiger partial charge >= 0.3 is 5.97 Å². The maximum atomic E-state index is 10.3. The molecule has 0 aliphatic carbocycles. The molecule has 0 aromatic heterocycles. The van der Waals surface area contributed by atoms with Crippen molar-refractivity contribution in [2.75, 3.05) is 6.61 Å². The fourth-order valence-corrected chi connectivity index (χ4v) is 0.671. The van der Waals surface area contributed by atoms with Crippen LogP contribution >= 0.6 is 0 Å². The van der Waals surface area contributed by atoms with Crippen molar-refractivity contribution < 1.29 is 19.8 Å². The van der Waals surface area contributed by atoms with Crippen LogP contribution in [-0.4, -0.2) is 35.1 Å². The monoisotopic (exact) mass is 161 g/mol. The minimum absolute atomic E-state index is 0.121. The highest BCUT2D eigenvalue weighted by Crippen LogP contribution is 2.01. The lowest BCUT2D eigenvalue weighted by molar-refractivity contribution is -0.144. The largest absolute Gasteiger partial charge is 0.481 e. The minimum atomic E-state index is -1.25. The molecule has 0 fully saturated rings. The molecule has 0 aromatic carbocycles. The van der Waals surface area contributed by atoms with Crippen LogP contribution in [0.25, 0.3) is 0 Å². The third kappa shape index (κ3) is 3.10. The summed E-state index contributed by atoms with van der Waals surface area (Å²) in [6.45, 7) is -0.210. The molecular formula is C6H11NO4. The summed E-state index contributed by atoms with van der Waals surface area (Å²) in [5.41, 5.74) is 5.27. The first-order chi connectivity index (χ1) is 5.13. The van der Waals surface area contributed by atoms with Gasteiger partial charge < -0.3 is 20.7 Å². The fraction of sp³-hybridized carbons (Fsp3) is 0.667. The number of aliphatic hydroxyl groups excluding tert-OH is 1. The Morgan fingerprint density at radius 1 is 1.64 bits per heavy atom. The Kier molecular flexibility index (Phi) is 4.40. The van der Waals surface area contributed by atoms with Gasteiger partial charge in [-0.15, -0.1) is 0 Å². The number of aliphatic carboxylic acids is 1. The Bertz CT molecular complexity index is 148. The number of carboxylic acids is 1. The average Bonchev–Trinajstić information content (AvgIpc) is 1.88. The lowest BCUT2D eigenvalue weighted by Gasteiger charge is -2.12. The predicted octanol–water partition coefficient (Wildman–Crippen LogP) is -1.40. The van der Waals surface area contributed by atoms with Crippen LogP contribution in [-0.2, 0) is 9.59 Å². The van der Waals surface area contributed by atoms with Gasteiger partial charge in [0, 0.05) is 12.6 Å². The molecule has 0 aliphatic heterocycles. The molecule has 5 nitrogen and oxygen atoms in total. The van der Waals surface area contributed by atoms with Gasteiger partial charge in [-0.2, -0.15) is 0 Å². The first-order valence-electron chi connectivity index (χ1n) is 3.18. The zero-order valence-electron chi connectivity index (χ0n) is 5.93. The van der Waals surface area contributed by atoms with E-state index in [2.05, 4.69) is 0 Å². The van der Waals surface area contributed by atoms with Gasteiger partial charge in [-0.1, -0.05) is 0 Å². The van der Waals surface area contributed by atoms with Crippen molar-refractivity contribution in [3.05, 3.63) is 0 Å². The SMILES string of the molecule is NC(CCO)C(C=O)C(=O)O. The summed E-state index contributed by atoms with van der Waals surface area (Å²) in [5.74, 6) is -2.46. The van der Waals surface area contributed by atoms with Crippen LogP contribution in [0, 0.1) is 5.92 Å². The summed E-state index contributed by atoms with van der Waals surface area (Å²) in [5, 5.41) is 16.8. The summed E-state index contributed by atoms with van der Waals surface area (Å²) in [4.78, 5) is 20.4. The van der Waals surface area contributed by atoms with Crippen LogP contribution in [0.1, 0.15) is 6.42 Å². The Morgan fingerprint density at radius 3 is 2.45 bits per heavy atom. The summed E-state index contributed by atoms with van der Waals surface area (Å²) in [6, 6.07) is -0.796. The lowest BCUT2D eigenvalue weighted by Crippen LogP contribution is -2.37. The maximum absolute atomic E-state index is 10.3. The Morgan fingerprint density at radius 2 is 2.18 bits per heavy atom. The first kappa shape index (κ1) is 10.1. The van der Waals surface area contributed by atoms with Crippen LogP contribution in [0.2, 0.25) is 0 Å². The summed E-state index contributed by atoms with van der Waals surface area (Å²) in [7, 11) is 0. The number of hydrogen-bond acceptors (Lipinski definition) is 4. The molecule has 0 rings (SSSR count). The number of carbonyl (C=O) groups is 2. The van der Waals surface area contributed by atoms with E-state index in [4.69, 9.17) is 15.9 Å². The van der Waals surface area contributed by atoms with Crippen molar-refractivity contribution >= 4 is 12.3 Å². The summed E-state index contributed by atoms with van der Waals surface area (Å²) in [6.07, 6.45) is 0.401. The third-order valence-electron chi connectivity index (χ3n) is 1.36. The minimum Gasteiger partial charge on any atom is -0.481 e. The molecule has 0 bridgehead atoms. The fourth-order valence-electron chi connectivity index (χ4n) is 0.671. The van der Waals surface area contributed by atoms with Gasteiger partial charge in [-0.25, -0.2) is 0 Å². The normalized spacial score (nSPS) is 15.5. The third-order valence-corrected chi connectivity index (χ3v) is 1.36. The molecule has 2 atom stereocenters. The molecule has 0 heterocycles. The van der Waals surface area contributed by atoms with Crippen LogP contribution in [0.3, 0.4) is 0 Å². The second kappa shape index (κ2) is 4.81. The molecule has 0 aliphatic rings. The second-order valence-electron chi connectivity index (χ2n) is 2.18. The van der Waals surface area contributed by atoms with Crippen molar-refractivity contribution in [2.24, 2.45) is 11.7 Å². The van der Waals surface area contributed by atoms with Gasteiger partial charge in [-0.05, 0) is 6.42 Å². The van der Waals surface area contributed by atoms with Crippen molar-refractivity contribution in [3.63, 3.8) is 0 Å². The molecule has 2 unspecified atom stereocenters. The van der Waals surface area contributed by atoms with E-state index in [-0.39, 0.29) is 19.3 Å². The number of hydrogen-bond donors (Lipinski definition) is 3. The average molecular weight is 161 g/mol. The predicted molar refractivity (Wildman–Crippen MR) is 36.9 cm³/mol. The van der Waals surface area contributed by atoms with E-state index in [1.165, 1.54) is 0 Å². The molecule has 0 aromatic rings. The smallest absolute Gasteiger partial charge is 0.315 e. The van der Waals surface area contributed by atoms with Crippen LogP contribution in [0.4, 0.5) is 0 Å². The molecular weight excluding hydrogens is 150 g/mol. The highest BCUT2D eigenvalue weighted by Gasteiger charge is 2.23. The van der Waals surface area contributed by atoms with E-state index in [1.54, 1.807) is 0 Å². The zero-order chi connectivity index (χ0) is 8.85. The number of carbonyl (C=O) groups excluding carboxylic acids is 1. The molecule has 0 radical (unpaired) electrons. The van der Waals surface area contributed by atoms with E-state index in [0.717, 1.165) is 0 Å². The number of carboxylic acid groups (broad SMARTS) is 1. The van der Waals surface area contributed by atoms with E-state index >= 15 is 0 Å². The Hall–Kier alpha value is -0.940. The van der Waals surface area contributed by atoms with Crippen molar-refractivity contribution in [2.45, 2.75) is 12.5 Å².